The average Bonchev–Trinajstić information content (AvgIpc) is 3.29. The number of nitrogens with two attached hydrogens (primary N) is 1. The number of aromatic nitrogens is 5. The third-order valence-electron chi connectivity index (χ3n) is 6.38. The van der Waals surface area contributed by atoms with Crippen molar-refractivity contribution in [2.45, 2.75) is 13.1 Å². The summed E-state index contributed by atoms with van der Waals surface area (Å²) in [4.78, 5) is 52.3. The molecule has 0 aliphatic carbocycles. The molecule has 2 aromatic carbocycles. The highest BCUT2D eigenvalue weighted by Crippen LogP contribution is 2.30. The fraction of sp³-hybridized carbons (Fsp3) is 0.103. The van der Waals surface area contributed by atoms with Crippen molar-refractivity contribution < 1.29 is 22.8 Å². The molecular formula is C29H21F3N8O3. The van der Waals surface area contributed by atoms with E-state index in [2.05, 4.69) is 32.1 Å². The Bertz CT molecular complexity index is 2000. The minimum atomic E-state index is -4.60. The van der Waals surface area contributed by atoms with Crippen LogP contribution in [-0.2, 0) is 11.0 Å². The Kier molecular flexibility index (Phi) is 7.39. The number of rotatable bonds is 5. The van der Waals surface area contributed by atoms with Crippen LogP contribution in [0.3, 0.4) is 0 Å². The van der Waals surface area contributed by atoms with Gasteiger partial charge >= 0.3 is 17.8 Å². The summed E-state index contributed by atoms with van der Waals surface area (Å²) in [7, 11) is 1.55. The summed E-state index contributed by atoms with van der Waals surface area (Å²) in [6, 6.07) is 13.9. The lowest BCUT2D eigenvalue weighted by molar-refractivity contribution is -0.137. The molecule has 0 saturated carbocycles. The van der Waals surface area contributed by atoms with Gasteiger partial charge in [-0.05, 0) is 67.4 Å². The normalized spacial score (nSPS) is 11.1. The van der Waals surface area contributed by atoms with Crippen molar-refractivity contribution in [2.24, 2.45) is 0 Å². The molecule has 5 aromatic rings. The Labute approximate surface area is 241 Å². The fourth-order valence-corrected chi connectivity index (χ4v) is 4.29. The highest BCUT2D eigenvalue weighted by atomic mass is 19.4. The van der Waals surface area contributed by atoms with E-state index in [1.165, 1.54) is 44.6 Å². The molecule has 43 heavy (non-hydrogen) atoms. The third-order valence-corrected chi connectivity index (χ3v) is 6.38. The zero-order valence-electron chi connectivity index (χ0n) is 22.5. The number of imidazole rings is 1. The molecule has 11 nitrogen and oxygen atoms in total. The van der Waals surface area contributed by atoms with Crippen molar-refractivity contribution in [3.8, 4) is 23.2 Å². The second kappa shape index (κ2) is 11.1. The summed E-state index contributed by atoms with van der Waals surface area (Å²) in [5.41, 5.74) is 6.31. The average molecular weight is 587 g/mol. The van der Waals surface area contributed by atoms with E-state index < -0.39 is 29.2 Å². The largest absolute Gasteiger partial charge is 0.416 e. The highest BCUT2D eigenvalue weighted by molar-refractivity contribution is 6.05. The molecule has 0 atom stereocenters. The smallest absolute Gasteiger partial charge is 0.382 e. The molecule has 3 aromatic heterocycles. The van der Waals surface area contributed by atoms with Gasteiger partial charge < -0.3 is 16.0 Å². The SMILES string of the molecule is CC#CC(=O)N(C)c1cccc(-n2c(=O)n(-c3ccc(C(=O)Nc4cc(C(F)(F)F)ccn4)cc3)c3c(N)ncnc32)c1. The molecule has 0 fully saturated rings. The number of pyridine rings is 1. The maximum atomic E-state index is 13.9. The van der Waals surface area contributed by atoms with Crippen LogP contribution in [0.25, 0.3) is 22.5 Å². The van der Waals surface area contributed by atoms with E-state index in [-0.39, 0.29) is 28.4 Å². The molecule has 3 N–H and O–H groups in total. The molecular weight excluding hydrogens is 565 g/mol. The van der Waals surface area contributed by atoms with Crippen molar-refractivity contribution in [2.75, 3.05) is 23.0 Å². The summed E-state index contributed by atoms with van der Waals surface area (Å²) in [5, 5.41) is 2.34. The number of fused-ring (bicyclic) bond motifs is 1. The number of nitrogen functional groups attached to an aromatic ring is 1. The first-order valence-corrected chi connectivity index (χ1v) is 12.5. The van der Waals surface area contributed by atoms with E-state index in [1.807, 2.05) is 0 Å². The number of amides is 2. The number of halogens is 3. The summed E-state index contributed by atoms with van der Waals surface area (Å²) < 4.78 is 41.6. The van der Waals surface area contributed by atoms with Gasteiger partial charge in [0.15, 0.2) is 11.5 Å². The molecule has 0 bridgehead atoms. The number of hydrogen-bond donors (Lipinski definition) is 2. The molecule has 0 aliphatic heterocycles. The Morgan fingerprint density at radius 3 is 2.42 bits per heavy atom. The first-order chi connectivity index (χ1) is 20.5. The maximum absolute atomic E-state index is 13.9. The fourth-order valence-electron chi connectivity index (χ4n) is 4.29. The van der Waals surface area contributed by atoms with E-state index in [0.29, 0.717) is 17.1 Å². The number of alkyl halides is 3. The van der Waals surface area contributed by atoms with Gasteiger partial charge in [-0.25, -0.2) is 24.3 Å². The van der Waals surface area contributed by atoms with Crippen LogP contribution in [0.5, 0.6) is 0 Å². The van der Waals surface area contributed by atoms with Gasteiger partial charge in [0.2, 0.25) is 0 Å². The third kappa shape index (κ3) is 5.51. The zero-order valence-corrected chi connectivity index (χ0v) is 22.5. The summed E-state index contributed by atoms with van der Waals surface area (Å²) in [5.74, 6) is 3.61. The Morgan fingerprint density at radius 1 is 0.977 bits per heavy atom. The van der Waals surface area contributed by atoms with Gasteiger partial charge in [0.1, 0.15) is 17.7 Å². The maximum Gasteiger partial charge on any atom is 0.416 e. The second-order valence-electron chi connectivity index (χ2n) is 9.07. The lowest BCUT2D eigenvalue weighted by Crippen LogP contribution is -2.25. The standard InChI is InChI=1S/C29H21F3N8O3/c1-3-5-23(41)38(2)20-6-4-7-21(15-20)40-26-24(25(33)35-16-36-26)39(28(40)43)19-10-8-17(9-11-19)27(42)37-22-14-18(12-13-34-22)29(30,31)32/h4,6-16H,1-2H3,(H2,33,35,36)(H,34,37,42). The van der Waals surface area contributed by atoms with Crippen molar-refractivity contribution in [3.63, 3.8) is 0 Å². The number of hydrogen-bond acceptors (Lipinski definition) is 7. The van der Waals surface area contributed by atoms with Crippen molar-refractivity contribution in [1.82, 2.24) is 24.1 Å². The van der Waals surface area contributed by atoms with Crippen LogP contribution in [0.15, 0.2) is 78.0 Å². The minimum Gasteiger partial charge on any atom is -0.382 e. The molecule has 2 amide bonds. The van der Waals surface area contributed by atoms with Gasteiger partial charge in [-0.2, -0.15) is 13.2 Å². The van der Waals surface area contributed by atoms with Crippen LogP contribution in [0, 0.1) is 11.8 Å². The van der Waals surface area contributed by atoms with Crippen LogP contribution in [0.4, 0.5) is 30.5 Å². The molecule has 5 rings (SSSR count). The second-order valence-corrected chi connectivity index (χ2v) is 9.07. The lowest BCUT2D eigenvalue weighted by atomic mass is 10.2. The number of carbonyl (C=O) groups is 2. The number of anilines is 3. The van der Waals surface area contributed by atoms with E-state index in [4.69, 9.17) is 5.73 Å². The minimum absolute atomic E-state index is 0.0139. The van der Waals surface area contributed by atoms with Gasteiger partial charge in [0, 0.05) is 24.5 Å². The summed E-state index contributed by atoms with van der Waals surface area (Å²) in [6.07, 6.45) is -2.44. The quantitative estimate of drug-likeness (QED) is 0.299. The van der Waals surface area contributed by atoms with Crippen molar-refractivity contribution in [3.05, 3.63) is 94.8 Å². The zero-order chi connectivity index (χ0) is 30.9. The molecule has 0 radical (unpaired) electrons. The van der Waals surface area contributed by atoms with Crippen LogP contribution < -0.4 is 21.6 Å². The Balaban J connectivity index is 1.53. The summed E-state index contributed by atoms with van der Waals surface area (Å²) >= 11 is 0. The molecule has 0 spiro atoms. The van der Waals surface area contributed by atoms with Gasteiger partial charge in [0.25, 0.3) is 5.91 Å². The highest BCUT2D eigenvalue weighted by Gasteiger charge is 2.31. The first-order valence-electron chi connectivity index (χ1n) is 12.5. The molecule has 0 aliphatic rings. The van der Waals surface area contributed by atoms with Crippen molar-refractivity contribution >= 4 is 40.3 Å². The number of nitrogens with zero attached hydrogens (tertiary/aromatic N) is 6. The molecule has 14 heteroatoms. The van der Waals surface area contributed by atoms with E-state index in [1.54, 1.807) is 38.2 Å². The van der Waals surface area contributed by atoms with E-state index in [0.717, 1.165) is 18.3 Å². The van der Waals surface area contributed by atoms with Crippen LogP contribution in [0.2, 0.25) is 0 Å². The number of nitrogens with one attached hydrogen (secondary N) is 1. The monoisotopic (exact) mass is 586 g/mol. The van der Waals surface area contributed by atoms with E-state index in [9.17, 15) is 27.6 Å². The molecule has 3 heterocycles. The predicted octanol–water partition coefficient (Wildman–Crippen LogP) is 3.81. The van der Waals surface area contributed by atoms with Gasteiger partial charge in [-0.3, -0.25) is 14.2 Å². The molecule has 0 unspecified atom stereocenters. The summed E-state index contributed by atoms with van der Waals surface area (Å²) in [6.45, 7) is 1.55. The predicted molar refractivity (Wildman–Crippen MR) is 153 cm³/mol. The Morgan fingerprint density at radius 2 is 1.72 bits per heavy atom. The molecule has 0 saturated heterocycles. The molecule has 216 valence electrons. The van der Waals surface area contributed by atoms with Gasteiger partial charge in [0.05, 0.1) is 16.9 Å². The lowest BCUT2D eigenvalue weighted by Gasteiger charge is -2.15. The van der Waals surface area contributed by atoms with Crippen molar-refractivity contribution in [1.29, 1.82) is 0 Å². The van der Waals surface area contributed by atoms with Crippen LogP contribution >= 0.6 is 0 Å². The number of benzene rings is 2. The van der Waals surface area contributed by atoms with Gasteiger partial charge in [-0.15, -0.1) is 0 Å². The first kappa shape index (κ1) is 28.6. The van der Waals surface area contributed by atoms with Gasteiger partial charge in [-0.1, -0.05) is 12.0 Å². The van der Waals surface area contributed by atoms with Crippen LogP contribution in [-0.4, -0.2) is 42.9 Å². The Hall–Kier alpha value is -5.97. The van der Waals surface area contributed by atoms with E-state index >= 15 is 0 Å². The number of carbonyl (C=O) groups excluding carboxylic acids is 2. The topological polar surface area (TPSA) is 141 Å². The van der Waals surface area contributed by atoms with Crippen LogP contribution in [0.1, 0.15) is 22.8 Å².